The molecule has 0 unspecified atom stereocenters. The lowest BCUT2D eigenvalue weighted by Crippen LogP contribution is -1.86. The molecule has 2 heteroatoms. The molecule has 0 amide bonds. The Balaban J connectivity index is 3.30. The van der Waals surface area contributed by atoms with Gasteiger partial charge in [-0.05, 0) is 0 Å². The average molecular weight is 87.1 g/mol. The van der Waals surface area contributed by atoms with E-state index in [1.165, 1.54) is 13.2 Å². The van der Waals surface area contributed by atoms with Gasteiger partial charge in [-0.1, -0.05) is 0 Å². The van der Waals surface area contributed by atoms with E-state index in [4.69, 9.17) is 0 Å². The van der Waals surface area contributed by atoms with Gasteiger partial charge in [0, 0.05) is 11.7 Å². The molecule has 0 radical (unpaired) electrons. The summed E-state index contributed by atoms with van der Waals surface area (Å²) < 4.78 is 4.28. The third-order valence-electron chi connectivity index (χ3n) is 0.284. The van der Waals surface area contributed by atoms with Crippen LogP contribution in [0.2, 0.25) is 0 Å². The number of hydrogen-bond acceptors (Lipinski definition) is 1. The third-order valence-corrected chi connectivity index (χ3v) is 0.284. The minimum absolute atomic E-state index is 0.266. The van der Waals surface area contributed by atoms with E-state index in [-0.39, 0.29) is 5.97 Å². The van der Waals surface area contributed by atoms with Crippen LogP contribution in [0.15, 0.2) is 0 Å². The molecular weight excluding hydrogens is 80.0 g/mol. The van der Waals surface area contributed by atoms with Crippen molar-refractivity contribution in [2.75, 3.05) is 0 Å². The maximum absolute atomic E-state index is 9.79. The first-order valence-electron chi connectivity index (χ1n) is 1.72. The number of carbonyl (C=O) groups excluding carboxylic acids is 2. The summed E-state index contributed by atoms with van der Waals surface area (Å²) >= 11 is 0. The molecule has 0 aromatic heterocycles. The van der Waals surface area contributed by atoms with Gasteiger partial charge in [0.1, 0.15) is 0 Å². The Morgan fingerprint density at radius 3 is 2.33 bits per heavy atom. The van der Waals surface area contributed by atoms with Crippen molar-refractivity contribution < 1.29 is 9.22 Å². The van der Waals surface area contributed by atoms with E-state index >= 15 is 0 Å². The molecule has 0 aromatic rings. The highest BCUT2D eigenvalue weighted by molar-refractivity contribution is 5.66. The number of rotatable bonds is 0. The maximum atomic E-state index is 9.79. The highest BCUT2D eigenvalue weighted by Gasteiger charge is 1.94. The normalized spacial score (nSPS) is 9.67. The molecule has 2 nitrogen and oxygen atoms in total. The Morgan fingerprint density at radius 2 is 2.33 bits per heavy atom. The molecule has 0 N–H and O–H groups in total. The zero-order valence-corrected chi connectivity index (χ0v) is 3.89. The Labute approximate surface area is 36.5 Å². The van der Waals surface area contributed by atoms with Crippen LogP contribution in [-0.4, -0.2) is 12.3 Å². The fraction of sp³-hybridized carbons (Fsp3) is 0.500. The van der Waals surface area contributed by atoms with Crippen LogP contribution < -0.4 is 0 Å². The van der Waals surface area contributed by atoms with Crippen molar-refractivity contribution in [1.29, 1.82) is 0 Å². The van der Waals surface area contributed by atoms with Crippen molar-refractivity contribution in [3.8, 4) is 0 Å². The minimum Gasteiger partial charge on any atom is -0.285 e. The molecule has 0 atom stereocenters. The molecule has 0 spiro atoms. The molecule has 0 saturated heterocycles. The van der Waals surface area contributed by atoms with Crippen LogP contribution >= 0.6 is 0 Å². The van der Waals surface area contributed by atoms with Gasteiger partial charge in [0.2, 0.25) is 0 Å². The van der Waals surface area contributed by atoms with E-state index in [0.29, 0.717) is 0 Å². The summed E-state index contributed by atoms with van der Waals surface area (Å²) in [6, 6.07) is 0. The van der Waals surface area contributed by atoms with E-state index in [0.717, 1.165) is 0 Å². The highest BCUT2D eigenvalue weighted by atomic mass is 16.4. The topological polar surface area (TPSA) is 28.4 Å². The standard InChI is InChI=1S/C4H7O2/c1-3-6-4(2)5/h3H,1-2H3/q+1. The summed E-state index contributed by atoms with van der Waals surface area (Å²) in [5.74, 6) is -0.266. The summed E-state index contributed by atoms with van der Waals surface area (Å²) in [4.78, 5) is 9.79. The van der Waals surface area contributed by atoms with Crippen LogP contribution in [-0.2, 0) is 9.22 Å². The predicted molar refractivity (Wildman–Crippen MR) is 22.4 cm³/mol. The molecule has 0 fully saturated rings. The Bertz CT molecular complexity index is 73.6. The van der Waals surface area contributed by atoms with Crippen LogP contribution in [0.5, 0.6) is 0 Å². The molecule has 34 valence electrons. The van der Waals surface area contributed by atoms with Gasteiger partial charge in [0.25, 0.3) is 0 Å². The van der Waals surface area contributed by atoms with Crippen molar-refractivity contribution in [3.63, 3.8) is 0 Å². The minimum atomic E-state index is -0.266. The summed E-state index contributed by atoms with van der Waals surface area (Å²) in [5, 5.41) is 0. The quantitative estimate of drug-likeness (QED) is 0.308. The lowest BCUT2D eigenvalue weighted by atomic mass is 10.8. The Morgan fingerprint density at radius 1 is 1.83 bits per heavy atom. The van der Waals surface area contributed by atoms with Gasteiger partial charge in [-0.2, -0.15) is 0 Å². The maximum Gasteiger partial charge on any atom is 0.576 e. The van der Waals surface area contributed by atoms with Crippen LogP contribution in [0, 0.1) is 0 Å². The van der Waals surface area contributed by atoms with Gasteiger partial charge in [0.05, 0.1) is 6.92 Å². The predicted octanol–water partition coefficient (Wildman–Crippen LogP) is 0.287. The molecule has 0 aliphatic heterocycles. The molecule has 0 saturated carbocycles. The van der Waals surface area contributed by atoms with E-state index in [1.807, 2.05) is 0 Å². The zero-order valence-electron chi connectivity index (χ0n) is 3.89. The van der Waals surface area contributed by atoms with Crippen molar-refractivity contribution >= 4 is 12.3 Å². The highest BCUT2D eigenvalue weighted by Crippen LogP contribution is 1.54. The first-order chi connectivity index (χ1) is 2.77. The fourth-order valence-electron chi connectivity index (χ4n) is 0.166. The van der Waals surface area contributed by atoms with Crippen molar-refractivity contribution in [2.45, 2.75) is 13.8 Å². The molecule has 0 aliphatic carbocycles. The lowest BCUT2D eigenvalue weighted by Gasteiger charge is -1.56. The Hall–Kier alpha value is -0.660. The molecule has 0 bridgehead atoms. The second-order valence-electron chi connectivity index (χ2n) is 0.845. The van der Waals surface area contributed by atoms with Gasteiger partial charge in [-0.25, -0.2) is 0 Å². The second kappa shape index (κ2) is 2.57. The van der Waals surface area contributed by atoms with Gasteiger partial charge >= 0.3 is 5.97 Å². The fourth-order valence-corrected chi connectivity index (χ4v) is 0.166. The molecule has 0 aliphatic rings. The van der Waals surface area contributed by atoms with Crippen LogP contribution in [0.4, 0.5) is 0 Å². The molecule has 0 heterocycles. The smallest absolute Gasteiger partial charge is 0.285 e. The largest absolute Gasteiger partial charge is 0.576 e. The van der Waals surface area contributed by atoms with Crippen LogP contribution in [0.1, 0.15) is 13.8 Å². The summed E-state index contributed by atoms with van der Waals surface area (Å²) in [7, 11) is 0. The van der Waals surface area contributed by atoms with Gasteiger partial charge < -0.3 is 0 Å². The first kappa shape index (κ1) is 5.34. The summed E-state index contributed by atoms with van der Waals surface area (Å²) in [5.41, 5.74) is 0. The number of hydrogen-bond donors (Lipinski definition) is 0. The lowest BCUT2D eigenvalue weighted by molar-refractivity contribution is -0.370. The summed E-state index contributed by atoms with van der Waals surface area (Å²) in [6.45, 7) is 3.02. The molecule has 0 aromatic carbocycles. The van der Waals surface area contributed by atoms with Gasteiger partial charge in [0.15, 0.2) is 6.29 Å². The molecular formula is C4H7O2+. The van der Waals surface area contributed by atoms with Crippen LogP contribution in [0.3, 0.4) is 0 Å². The molecule has 6 heavy (non-hydrogen) atoms. The Kier molecular flexibility index (Phi) is 2.29. The average Bonchev–Trinajstić information content (AvgIpc) is 1.35. The van der Waals surface area contributed by atoms with Crippen molar-refractivity contribution in [1.82, 2.24) is 0 Å². The number of aldehydes is 1. The van der Waals surface area contributed by atoms with E-state index < -0.39 is 0 Å². The van der Waals surface area contributed by atoms with Gasteiger partial charge in [-0.3, -0.25) is 4.42 Å². The van der Waals surface area contributed by atoms with Crippen molar-refractivity contribution in [3.05, 3.63) is 0 Å². The first-order valence-corrected chi connectivity index (χ1v) is 1.72. The second-order valence-corrected chi connectivity index (χ2v) is 0.845. The summed E-state index contributed by atoms with van der Waals surface area (Å²) in [6.07, 6.45) is 1.35. The van der Waals surface area contributed by atoms with E-state index in [2.05, 4.69) is 4.42 Å². The van der Waals surface area contributed by atoms with E-state index in [1.54, 1.807) is 6.92 Å². The number of carbonyl (C=O) groups is 1. The van der Waals surface area contributed by atoms with Crippen LogP contribution in [0.25, 0.3) is 0 Å². The monoisotopic (exact) mass is 87.0 g/mol. The van der Waals surface area contributed by atoms with Crippen molar-refractivity contribution in [2.24, 2.45) is 0 Å². The molecule has 0 rings (SSSR count). The van der Waals surface area contributed by atoms with Gasteiger partial charge in [-0.15, -0.1) is 0 Å². The SMILES string of the molecule is CC=[O+]C(C)=O. The van der Waals surface area contributed by atoms with E-state index in [9.17, 15) is 4.79 Å². The third kappa shape index (κ3) is 3.34. The zero-order chi connectivity index (χ0) is 4.99.